The lowest BCUT2D eigenvalue weighted by Crippen LogP contribution is -2.32. The van der Waals surface area contributed by atoms with Crippen molar-refractivity contribution in [3.8, 4) is 0 Å². The minimum Gasteiger partial charge on any atom is -0.399 e. The Morgan fingerprint density at radius 3 is 2.44 bits per heavy atom. The summed E-state index contributed by atoms with van der Waals surface area (Å²) in [6, 6.07) is 2.99. The van der Waals surface area contributed by atoms with Crippen molar-refractivity contribution >= 4 is 11.6 Å². The molecule has 98 valence electrons. The van der Waals surface area contributed by atoms with Gasteiger partial charge >= 0.3 is 0 Å². The third kappa shape index (κ3) is 2.63. The quantitative estimate of drug-likeness (QED) is 0.779. The average molecular weight is 250 g/mol. The Morgan fingerprint density at radius 1 is 1.22 bits per heavy atom. The number of likely N-dealkylation sites (tertiary alicyclic amines) is 1. The van der Waals surface area contributed by atoms with Gasteiger partial charge in [-0.3, -0.25) is 4.79 Å². The van der Waals surface area contributed by atoms with Gasteiger partial charge in [-0.15, -0.1) is 0 Å². The summed E-state index contributed by atoms with van der Waals surface area (Å²) in [7, 11) is 0. The van der Waals surface area contributed by atoms with Crippen LogP contribution in [-0.2, 0) is 0 Å². The molecule has 1 aliphatic heterocycles. The molecule has 0 aromatic heterocycles. The summed E-state index contributed by atoms with van der Waals surface area (Å²) < 4.78 is 14.0. The molecule has 0 bridgehead atoms. The molecule has 1 aromatic rings. The molecule has 0 radical (unpaired) electrons. The summed E-state index contributed by atoms with van der Waals surface area (Å²) in [5.41, 5.74) is 6.66. The first-order chi connectivity index (χ1) is 8.59. The fraction of sp³-hybridized carbons (Fsp3) is 0.500. The second-order valence-corrected chi connectivity index (χ2v) is 4.91. The Bertz CT molecular complexity index is 451. The van der Waals surface area contributed by atoms with Gasteiger partial charge in [0, 0.05) is 18.8 Å². The van der Waals surface area contributed by atoms with Crippen LogP contribution in [0.4, 0.5) is 10.1 Å². The minimum absolute atomic E-state index is 0.106. The minimum atomic E-state index is -0.446. The molecule has 1 saturated heterocycles. The molecule has 1 heterocycles. The van der Waals surface area contributed by atoms with Gasteiger partial charge in [0.05, 0.1) is 5.56 Å². The van der Waals surface area contributed by atoms with E-state index in [0.29, 0.717) is 24.3 Å². The van der Waals surface area contributed by atoms with Crippen molar-refractivity contribution in [3.05, 3.63) is 29.1 Å². The first-order valence-electron chi connectivity index (χ1n) is 6.44. The van der Waals surface area contributed by atoms with Gasteiger partial charge in [-0.05, 0) is 37.5 Å². The zero-order valence-electron chi connectivity index (χ0n) is 10.7. The molecule has 18 heavy (non-hydrogen) atoms. The van der Waals surface area contributed by atoms with Crippen LogP contribution in [-0.4, -0.2) is 23.9 Å². The van der Waals surface area contributed by atoms with Crippen LogP contribution in [0.5, 0.6) is 0 Å². The van der Waals surface area contributed by atoms with Crippen molar-refractivity contribution in [2.45, 2.75) is 32.6 Å². The lowest BCUT2D eigenvalue weighted by atomic mass is 10.1. The number of amides is 1. The first kappa shape index (κ1) is 12.9. The maximum absolute atomic E-state index is 14.0. The maximum atomic E-state index is 14.0. The van der Waals surface area contributed by atoms with Crippen LogP contribution in [0.1, 0.15) is 41.6 Å². The summed E-state index contributed by atoms with van der Waals surface area (Å²) in [6.45, 7) is 3.06. The normalized spacial score (nSPS) is 16.4. The fourth-order valence-corrected chi connectivity index (χ4v) is 2.40. The van der Waals surface area contributed by atoms with E-state index in [-0.39, 0.29) is 11.5 Å². The smallest absolute Gasteiger partial charge is 0.256 e. The summed E-state index contributed by atoms with van der Waals surface area (Å²) in [5, 5.41) is 0. The van der Waals surface area contributed by atoms with E-state index in [4.69, 9.17) is 5.73 Å². The Hall–Kier alpha value is -1.58. The number of carbonyl (C=O) groups is 1. The van der Waals surface area contributed by atoms with Gasteiger partial charge in [-0.1, -0.05) is 12.8 Å². The highest BCUT2D eigenvalue weighted by Crippen LogP contribution is 2.20. The van der Waals surface area contributed by atoms with Gasteiger partial charge in [-0.2, -0.15) is 0 Å². The number of nitrogens with two attached hydrogens (primary N) is 1. The van der Waals surface area contributed by atoms with E-state index in [0.717, 1.165) is 25.7 Å². The zero-order chi connectivity index (χ0) is 13.1. The predicted molar refractivity (Wildman–Crippen MR) is 69.9 cm³/mol. The number of hydrogen-bond donors (Lipinski definition) is 1. The lowest BCUT2D eigenvalue weighted by molar-refractivity contribution is 0.0757. The van der Waals surface area contributed by atoms with Crippen LogP contribution < -0.4 is 5.73 Å². The summed E-state index contributed by atoms with van der Waals surface area (Å²) in [6.07, 6.45) is 4.27. The van der Waals surface area contributed by atoms with Crippen molar-refractivity contribution < 1.29 is 9.18 Å². The highest BCUT2D eigenvalue weighted by atomic mass is 19.1. The molecule has 0 unspecified atom stereocenters. The number of nitrogens with zero attached hydrogens (tertiary/aromatic N) is 1. The number of nitrogen functional groups attached to an aromatic ring is 1. The standard InChI is InChI=1S/C14H19FN2O/c1-10-8-11(16)9-12(13(10)15)14(18)17-6-4-2-3-5-7-17/h8-9H,2-7,16H2,1H3. The molecule has 0 spiro atoms. The molecule has 1 aromatic carbocycles. The third-order valence-electron chi connectivity index (χ3n) is 3.40. The number of rotatable bonds is 1. The number of anilines is 1. The van der Waals surface area contributed by atoms with E-state index in [9.17, 15) is 9.18 Å². The van der Waals surface area contributed by atoms with E-state index < -0.39 is 5.82 Å². The van der Waals surface area contributed by atoms with Crippen molar-refractivity contribution in [2.75, 3.05) is 18.8 Å². The molecule has 2 rings (SSSR count). The van der Waals surface area contributed by atoms with E-state index in [2.05, 4.69) is 0 Å². The molecular weight excluding hydrogens is 231 g/mol. The highest BCUT2D eigenvalue weighted by molar-refractivity contribution is 5.95. The molecule has 1 aliphatic rings. The monoisotopic (exact) mass is 250 g/mol. The van der Waals surface area contributed by atoms with Gasteiger partial charge in [-0.25, -0.2) is 4.39 Å². The van der Waals surface area contributed by atoms with Gasteiger partial charge < -0.3 is 10.6 Å². The third-order valence-corrected chi connectivity index (χ3v) is 3.40. The summed E-state index contributed by atoms with van der Waals surface area (Å²) in [4.78, 5) is 14.0. The SMILES string of the molecule is Cc1cc(N)cc(C(=O)N2CCCCCC2)c1F. The Kier molecular flexibility index (Phi) is 3.84. The Morgan fingerprint density at radius 2 is 1.83 bits per heavy atom. The second-order valence-electron chi connectivity index (χ2n) is 4.91. The van der Waals surface area contributed by atoms with Crippen molar-refractivity contribution in [3.63, 3.8) is 0 Å². The van der Waals surface area contributed by atoms with Gasteiger partial charge in [0.2, 0.25) is 0 Å². The fourth-order valence-electron chi connectivity index (χ4n) is 2.40. The molecule has 4 heteroatoms. The molecule has 1 amide bonds. The summed E-state index contributed by atoms with van der Waals surface area (Å²) in [5.74, 6) is -0.678. The van der Waals surface area contributed by atoms with Crippen molar-refractivity contribution in [2.24, 2.45) is 0 Å². The van der Waals surface area contributed by atoms with Crippen molar-refractivity contribution in [1.82, 2.24) is 4.90 Å². The van der Waals surface area contributed by atoms with Crippen LogP contribution in [0.15, 0.2) is 12.1 Å². The molecule has 2 N–H and O–H groups in total. The highest BCUT2D eigenvalue weighted by Gasteiger charge is 2.21. The van der Waals surface area contributed by atoms with E-state index in [1.165, 1.54) is 6.07 Å². The van der Waals surface area contributed by atoms with Crippen LogP contribution in [0.3, 0.4) is 0 Å². The zero-order valence-corrected chi connectivity index (χ0v) is 10.7. The molecule has 1 fully saturated rings. The maximum Gasteiger partial charge on any atom is 0.256 e. The van der Waals surface area contributed by atoms with Crippen LogP contribution >= 0.6 is 0 Å². The molecule has 3 nitrogen and oxygen atoms in total. The average Bonchev–Trinajstić information content (AvgIpc) is 2.61. The van der Waals surface area contributed by atoms with E-state index in [1.54, 1.807) is 17.9 Å². The topological polar surface area (TPSA) is 46.3 Å². The summed E-state index contributed by atoms with van der Waals surface area (Å²) >= 11 is 0. The van der Waals surface area contributed by atoms with Gasteiger partial charge in [0.1, 0.15) is 5.82 Å². The second kappa shape index (κ2) is 5.38. The number of carbonyl (C=O) groups excluding carboxylic acids is 1. The first-order valence-corrected chi connectivity index (χ1v) is 6.44. The number of benzene rings is 1. The molecule has 0 saturated carbocycles. The number of halogens is 1. The lowest BCUT2D eigenvalue weighted by Gasteiger charge is -2.21. The van der Waals surface area contributed by atoms with Crippen LogP contribution in [0.25, 0.3) is 0 Å². The van der Waals surface area contributed by atoms with Crippen molar-refractivity contribution in [1.29, 1.82) is 0 Å². The Labute approximate surface area is 107 Å². The van der Waals surface area contributed by atoms with E-state index >= 15 is 0 Å². The molecule has 0 atom stereocenters. The molecular formula is C14H19FN2O. The van der Waals surface area contributed by atoms with Crippen LogP contribution in [0.2, 0.25) is 0 Å². The largest absolute Gasteiger partial charge is 0.399 e. The number of hydrogen-bond acceptors (Lipinski definition) is 2. The predicted octanol–water partition coefficient (Wildman–Crippen LogP) is 2.73. The van der Waals surface area contributed by atoms with Gasteiger partial charge in [0.15, 0.2) is 0 Å². The van der Waals surface area contributed by atoms with E-state index in [1.807, 2.05) is 0 Å². The van der Waals surface area contributed by atoms with Gasteiger partial charge in [0.25, 0.3) is 5.91 Å². The Balaban J connectivity index is 2.27. The number of aryl methyl sites for hydroxylation is 1. The molecule has 0 aliphatic carbocycles. The van der Waals surface area contributed by atoms with Crippen LogP contribution in [0, 0.1) is 12.7 Å².